The highest BCUT2D eigenvalue weighted by molar-refractivity contribution is 5.66. The van der Waals surface area contributed by atoms with Crippen molar-refractivity contribution < 1.29 is 9.90 Å². The van der Waals surface area contributed by atoms with Crippen molar-refractivity contribution in [2.45, 2.75) is 70.6 Å². The predicted molar refractivity (Wildman–Crippen MR) is 107 cm³/mol. The van der Waals surface area contributed by atoms with Gasteiger partial charge in [0.1, 0.15) is 0 Å². The van der Waals surface area contributed by atoms with Crippen LogP contribution in [0.3, 0.4) is 0 Å². The molecule has 0 fully saturated rings. The van der Waals surface area contributed by atoms with E-state index in [2.05, 4.69) is 42.5 Å². The molecule has 0 radical (unpaired) electrons. The van der Waals surface area contributed by atoms with Crippen molar-refractivity contribution in [3.8, 4) is 0 Å². The summed E-state index contributed by atoms with van der Waals surface area (Å²) in [5, 5.41) is 8.92. The molecule has 0 amide bonds. The number of carbonyl (C=O) groups is 1. The first-order valence-electron chi connectivity index (χ1n) is 10.1. The van der Waals surface area contributed by atoms with Crippen LogP contribution in [0.1, 0.15) is 66.3 Å². The summed E-state index contributed by atoms with van der Waals surface area (Å²) < 4.78 is 0. The van der Waals surface area contributed by atoms with Gasteiger partial charge in [-0.1, -0.05) is 42.5 Å². The molecule has 6 rings (SSSR count). The fourth-order valence-corrected chi connectivity index (χ4v) is 3.92. The molecular weight excluding hydrogens is 320 g/mol. The molecule has 4 aliphatic carbocycles. The molecule has 2 aromatic rings. The average molecular weight is 351 g/mol. The lowest BCUT2D eigenvalue weighted by atomic mass is 9.92. The van der Waals surface area contributed by atoms with Gasteiger partial charge in [-0.3, -0.25) is 4.79 Å². The van der Waals surface area contributed by atoms with E-state index in [0.717, 1.165) is 38.5 Å². The normalized spacial score (nSPS) is 15.2. The maximum atomic E-state index is 10.8. The average Bonchev–Trinajstić information content (AvgIpc) is 2.63. The van der Waals surface area contributed by atoms with Crippen molar-refractivity contribution in [1.29, 1.82) is 0 Å². The summed E-state index contributed by atoms with van der Waals surface area (Å²) in [5.74, 6) is -0.692. The van der Waals surface area contributed by atoms with Crippen LogP contribution in [0.15, 0.2) is 42.5 Å². The number of hydrogen-bond donors (Lipinski definition) is 1. The second-order valence-electron chi connectivity index (χ2n) is 7.58. The van der Waals surface area contributed by atoms with E-state index in [1.54, 1.807) is 0 Å². The Morgan fingerprint density at radius 2 is 1.31 bits per heavy atom. The third-order valence-corrected chi connectivity index (χ3v) is 5.47. The van der Waals surface area contributed by atoms with Crippen LogP contribution in [0, 0.1) is 0 Å². The first-order chi connectivity index (χ1) is 12.7. The number of aryl methyl sites for hydroxylation is 5. The van der Waals surface area contributed by atoms with Gasteiger partial charge >= 0.3 is 5.97 Å². The summed E-state index contributed by atoms with van der Waals surface area (Å²) >= 11 is 0. The van der Waals surface area contributed by atoms with Crippen LogP contribution in [0.25, 0.3) is 0 Å². The molecule has 2 heteroatoms. The zero-order valence-corrected chi connectivity index (χ0v) is 15.7. The third kappa shape index (κ3) is 5.72. The topological polar surface area (TPSA) is 37.3 Å². The van der Waals surface area contributed by atoms with E-state index in [1.807, 2.05) is 0 Å². The van der Waals surface area contributed by atoms with E-state index in [4.69, 9.17) is 5.11 Å². The van der Waals surface area contributed by atoms with Gasteiger partial charge in [-0.25, -0.2) is 0 Å². The van der Waals surface area contributed by atoms with Crippen molar-refractivity contribution in [2.75, 3.05) is 0 Å². The summed E-state index contributed by atoms with van der Waals surface area (Å²) in [6.45, 7) is 0. The quantitative estimate of drug-likeness (QED) is 0.786. The summed E-state index contributed by atoms with van der Waals surface area (Å²) in [6.07, 6.45) is 11.2. The van der Waals surface area contributed by atoms with E-state index in [1.165, 1.54) is 53.5 Å². The molecule has 0 unspecified atom stereocenters. The SMILES string of the molecule is O=C(O)CCCc1cc2ccc1CCCCc1ccc(cc1)CCCC2. The zero-order chi connectivity index (χ0) is 18.2. The number of aliphatic carboxylic acids is 1. The highest BCUT2D eigenvalue weighted by Crippen LogP contribution is 2.20. The smallest absolute Gasteiger partial charge is 0.303 e. The highest BCUT2D eigenvalue weighted by atomic mass is 16.4. The van der Waals surface area contributed by atoms with Crippen LogP contribution in [-0.2, 0) is 36.9 Å². The number of hydrogen-bond acceptors (Lipinski definition) is 1. The summed E-state index contributed by atoms with van der Waals surface area (Å²) in [6, 6.07) is 16.1. The van der Waals surface area contributed by atoms with Crippen molar-refractivity contribution in [1.82, 2.24) is 0 Å². The number of carboxylic acid groups (broad SMARTS) is 1. The van der Waals surface area contributed by atoms with E-state index in [-0.39, 0.29) is 6.42 Å². The fraction of sp³-hybridized carbons (Fsp3) is 0.458. The van der Waals surface area contributed by atoms with Crippen LogP contribution >= 0.6 is 0 Å². The van der Waals surface area contributed by atoms with Gasteiger partial charge in [0.25, 0.3) is 0 Å². The van der Waals surface area contributed by atoms with Gasteiger partial charge in [-0.05, 0) is 92.0 Å². The Kier molecular flexibility index (Phi) is 6.88. The van der Waals surface area contributed by atoms with Gasteiger partial charge < -0.3 is 5.11 Å². The number of carboxylic acids is 1. The predicted octanol–water partition coefficient (Wildman–Crippen LogP) is 5.54. The van der Waals surface area contributed by atoms with Gasteiger partial charge in [0.2, 0.25) is 0 Å². The largest absolute Gasteiger partial charge is 0.481 e. The minimum absolute atomic E-state index is 0.263. The van der Waals surface area contributed by atoms with Crippen molar-refractivity contribution in [2.24, 2.45) is 0 Å². The zero-order valence-electron chi connectivity index (χ0n) is 15.7. The standard InChI is InChI=1S/C24H30O2/c25-24(26)11-5-10-23-18-21-8-2-1-6-19-12-14-20(15-13-19)7-3-4-9-22(23)17-16-21/h12-18H,1-11H2,(H,25,26). The molecule has 4 aliphatic rings. The molecule has 0 spiro atoms. The van der Waals surface area contributed by atoms with Crippen molar-refractivity contribution in [3.63, 3.8) is 0 Å². The van der Waals surface area contributed by atoms with Crippen LogP contribution in [0.5, 0.6) is 0 Å². The Hall–Kier alpha value is -2.09. The maximum absolute atomic E-state index is 10.8. The molecule has 0 saturated carbocycles. The van der Waals surface area contributed by atoms with E-state index >= 15 is 0 Å². The first kappa shape index (κ1) is 18.7. The monoisotopic (exact) mass is 350 g/mol. The van der Waals surface area contributed by atoms with E-state index in [0.29, 0.717) is 0 Å². The summed E-state index contributed by atoms with van der Waals surface area (Å²) in [4.78, 5) is 10.8. The maximum Gasteiger partial charge on any atom is 0.303 e. The minimum atomic E-state index is -0.692. The summed E-state index contributed by atoms with van der Waals surface area (Å²) in [5.41, 5.74) is 7.09. The van der Waals surface area contributed by atoms with Crippen LogP contribution in [0.2, 0.25) is 0 Å². The minimum Gasteiger partial charge on any atom is -0.481 e. The lowest BCUT2D eigenvalue weighted by molar-refractivity contribution is -0.137. The second kappa shape index (κ2) is 9.56. The molecule has 2 aromatic carbocycles. The Balaban J connectivity index is 1.71. The lowest BCUT2D eigenvalue weighted by Crippen LogP contribution is -2.01. The van der Waals surface area contributed by atoms with Gasteiger partial charge in [0, 0.05) is 6.42 Å². The third-order valence-electron chi connectivity index (χ3n) is 5.47. The molecule has 26 heavy (non-hydrogen) atoms. The molecule has 0 heterocycles. The first-order valence-corrected chi connectivity index (χ1v) is 10.1. The highest BCUT2D eigenvalue weighted by Gasteiger charge is 2.07. The van der Waals surface area contributed by atoms with E-state index in [9.17, 15) is 4.79 Å². The molecule has 138 valence electrons. The van der Waals surface area contributed by atoms with Gasteiger partial charge in [-0.15, -0.1) is 0 Å². The Bertz CT molecular complexity index is 715. The number of benzene rings is 2. The van der Waals surface area contributed by atoms with Crippen molar-refractivity contribution >= 4 is 5.97 Å². The Morgan fingerprint density at radius 1 is 0.769 bits per heavy atom. The summed E-state index contributed by atoms with van der Waals surface area (Å²) in [7, 11) is 0. The lowest BCUT2D eigenvalue weighted by Gasteiger charge is -2.13. The second-order valence-corrected chi connectivity index (χ2v) is 7.58. The van der Waals surface area contributed by atoms with Crippen LogP contribution < -0.4 is 0 Å². The van der Waals surface area contributed by atoms with Gasteiger partial charge in [0.05, 0.1) is 0 Å². The van der Waals surface area contributed by atoms with Gasteiger partial charge in [0.15, 0.2) is 0 Å². The molecule has 0 saturated heterocycles. The molecular formula is C24H30O2. The Morgan fingerprint density at radius 3 is 1.92 bits per heavy atom. The molecule has 1 N–H and O–H groups in total. The molecule has 0 aliphatic heterocycles. The molecule has 0 atom stereocenters. The molecule has 4 bridgehead atoms. The van der Waals surface area contributed by atoms with E-state index < -0.39 is 5.97 Å². The Labute approximate surface area is 157 Å². The van der Waals surface area contributed by atoms with Crippen LogP contribution in [0.4, 0.5) is 0 Å². The molecule has 0 aromatic heterocycles. The van der Waals surface area contributed by atoms with Crippen LogP contribution in [-0.4, -0.2) is 11.1 Å². The fourth-order valence-electron chi connectivity index (χ4n) is 3.92. The molecule has 2 nitrogen and oxygen atoms in total. The van der Waals surface area contributed by atoms with Crippen molar-refractivity contribution in [3.05, 3.63) is 70.3 Å². The van der Waals surface area contributed by atoms with Gasteiger partial charge in [-0.2, -0.15) is 0 Å². The number of rotatable bonds is 4.